The molecule has 4 heteroatoms. The lowest BCUT2D eigenvalue weighted by molar-refractivity contribution is -0.133. The Morgan fingerprint density at radius 3 is 2.30 bits per heavy atom. The highest BCUT2D eigenvalue weighted by Gasteiger charge is 2.38. The normalized spacial score (nSPS) is 21.0. The number of rotatable bonds is 3. The molecule has 20 heavy (non-hydrogen) atoms. The summed E-state index contributed by atoms with van der Waals surface area (Å²) in [4.78, 5) is 2.32. The zero-order chi connectivity index (χ0) is 15.0. The first-order chi connectivity index (χ1) is 9.22. The number of halogens is 1. The van der Waals surface area contributed by atoms with Crippen LogP contribution in [0.4, 0.5) is 5.69 Å². The molecule has 1 saturated heterocycles. The Kier molecular flexibility index (Phi) is 4.33. The van der Waals surface area contributed by atoms with Crippen LogP contribution in [0.15, 0.2) is 18.2 Å². The Labute approximate surface area is 127 Å². The number of nitrogens with zero attached hydrogens (tertiary/aromatic N) is 1. The largest absolute Gasteiger partial charge is 0.366 e. The van der Waals surface area contributed by atoms with Crippen LogP contribution in [0.25, 0.3) is 0 Å². The van der Waals surface area contributed by atoms with E-state index in [0.29, 0.717) is 6.54 Å². The minimum absolute atomic E-state index is 0.180. The van der Waals surface area contributed by atoms with Gasteiger partial charge < -0.3 is 15.4 Å². The van der Waals surface area contributed by atoms with E-state index in [2.05, 4.69) is 44.7 Å². The lowest BCUT2D eigenvalue weighted by Gasteiger charge is -2.48. The first-order valence-electron chi connectivity index (χ1n) is 7.16. The van der Waals surface area contributed by atoms with Crippen molar-refractivity contribution in [3.05, 3.63) is 28.8 Å². The van der Waals surface area contributed by atoms with Crippen LogP contribution in [0, 0.1) is 0 Å². The van der Waals surface area contributed by atoms with Crippen LogP contribution < -0.4 is 10.6 Å². The van der Waals surface area contributed by atoms with Crippen LogP contribution in [0.2, 0.25) is 5.02 Å². The van der Waals surface area contributed by atoms with Crippen LogP contribution in [0.1, 0.15) is 33.3 Å². The maximum Gasteiger partial charge on any atom is 0.0808 e. The van der Waals surface area contributed by atoms with Gasteiger partial charge in [0.2, 0.25) is 0 Å². The molecule has 0 amide bonds. The van der Waals surface area contributed by atoms with Gasteiger partial charge in [-0.15, -0.1) is 0 Å². The molecule has 1 aromatic rings. The second kappa shape index (κ2) is 5.55. The fourth-order valence-electron chi connectivity index (χ4n) is 3.09. The van der Waals surface area contributed by atoms with Crippen molar-refractivity contribution in [3.8, 4) is 0 Å². The van der Waals surface area contributed by atoms with Gasteiger partial charge in [-0.1, -0.05) is 17.7 Å². The van der Waals surface area contributed by atoms with E-state index in [9.17, 15) is 0 Å². The molecule has 1 fully saturated rings. The van der Waals surface area contributed by atoms with E-state index in [1.165, 1.54) is 5.56 Å². The van der Waals surface area contributed by atoms with Crippen molar-refractivity contribution >= 4 is 17.3 Å². The molecule has 0 spiro atoms. The molecule has 1 heterocycles. The summed E-state index contributed by atoms with van der Waals surface area (Å²) in [6.45, 7) is 10.8. The number of hydrogen-bond donors (Lipinski definition) is 1. The van der Waals surface area contributed by atoms with Gasteiger partial charge in [0, 0.05) is 13.1 Å². The molecule has 0 bridgehead atoms. The maximum absolute atomic E-state index is 6.46. The number of anilines is 1. The highest BCUT2D eigenvalue weighted by Crippen LogP contribution is 2.35. The van der Waals surface area contributed by atoms with Crippen molar-refractivity contribution in [2.75, 3.05) is 24.5 Å². The van der Waals surface area contributed by atoms with Gasteiger partial charge >= 0.3 is 0 Å². The molecule has 0 aliphatic carbocycles. The van der Waals surface area contributed by atoms with Gasteiger partial charge in [0.1, 0.15) is 0 Å². The first kappa shape index (κ1) is 15.6. The summed E-state index contributed by atoms with van der Waals surface area (Å²) < 4.78 is 6.11. The summed E-state index contributed by atoms with van der Waals surface area (Å²) in [7, 11) is 0. The molecule has 2 N–H and O–H groups in total. The van der Waals surface area contributed by atoms with Crippen molar-refractivity contribution < 1.29 is 4.74 Å². The fraction of sp³-hybridized carbons (Fsp3) is 0.625. The van der Waals surface area contributed by atoms with Crippen molar-refractivity contribution in [1.82, 2.24) is 0 Å². The Morgan fingerprint density at radius 2 is 1.80 bits per heavy atom. The van der Waals surface area contributed by atoms with Gasteiger partial charge in [-0.2, -0.15) is 0 Å². The van der Waals surface area contributed by atoms with Gasteiger partial charge in [0.15, 0.2) is 0 Å². The van der Waals surface area contributed by atoms with Gasteiger partial charge in [-0.05, 0) is 58.4 Å². The molecular weight excluding hydrogens is 272 g/mol. The third kappa shape index (κ3) is 3.66. The summed E-state index contributed by atoms with van der Waals surface area (Å²) in [6, 6.07) is 6.24. The van der Waals surface area contributed by atoms with Crippen molar-refractivity contribution in [1.29, 1.82) is 0 Å². The third-order valence-electron chi connectivity index (χ3n) is 3.48. The molecule has 1 aliphatic heterocycles. The highest BCUT2D eigenvalue weighted by molar-refractivity contribution is 6.33. The zero-order valence-corrected chi connectivity index (χ0v) is 13.6. The molecule has 1 aromatic carbocycles. The molecular formula is C16H25ClN2O. The van der Waals surface area contributed by atoms with Crippen LogP contribution >= 0.6 is 11.6 Å². The average Bonchev–Trinajstić information content (AvgIpc) is 2.25. The first-order valence-corrected chi connectivity index (χ1v) is 7.54. The Morgan fingerprint density at radius 1 is 1.20 bits per heavy atom. The predicted octanol–water partition coefficient (Wildman–Crippen LogP) is 3.24. The monoisotopic (exact) mass is 296 g/mol. The maximum atomic E-state index is 6.46. The number of benzene rings is 1. The van der Waals surface area contributed by atoms with Crippen molar-refractivity contribution in [3.63, 3.8) is 0 Å². The van der Waals surface area contributed by atoms with Gasteiger partial charge in [-0.25, -0.2) is 0 Å². The van der Waals surface area contributed by atoms with Crippen molar-refractivity contribution in [2.24, 2.45) is 5.73 Å². The van der Waals surface area contributed by atoms with E-state index in [1.54, 1.807) is 0 Å². The zero-order valence-electron chi connectivity index (χ0n) is 12.9. The van der Waals surface area contributed by atoms with Gasteiger partial charge in [0.25, 0.3) is 0 Å². The van der Waals surface area contributed by atoms with Gasteiger partial charge in [0.05, 0.1) is 21.9 Å². The van der Waals surface area contributed by atoms with E-state index >= 15 is 0 Å². The molecule has 0 unspecified atom stereocenters. The quantitative estimate of drug-likeness (QED) is 0.930. The molecule has 3 nitrogen and oxygen atoms in total. The number of hydrogen-bond acceptors (Lipinski definition) is 3. The second-order valence-electron chi connectivity index (χ2n) is 6.80. The lowest BCUT2D eigenvalue weighted by Crippen LogP contribution is -2.57. The Bertz CT molecular complexity index is 469. The third-order valence-corrected chi connectivity index (χ3v) is 3.78. The molecule has 0 atom stereocenters. The second-order valence-corrected chi connectivity index (χ2v) is 7.21. The Hall–Kier alpha value is -0.770. The summed E-state index contributed by atoms with van der Waals surface area (Å²) in [6.07, 6.45) is 0.861. The summed E-state index contributed by atoms with van der Waals surface area (Å²) in [5, 5.41) is 0.796. The minimum Gasteiger partial charge on any atom is -0.366 e. The SMILES string of the molecule is CC1(C)CN(c2ccc(CCN)cc2Cl)CC(C)(C)O1. The van der Waals surface area contributed by atoms with Crippen LogP contribution in [-0.4, -0.2) is 30.8 Å². The molecule has 0 aromatic heterocycles. The predicted molar refractivity (Wildman–Crippen MR) is 85.7 cm³/mol. The Balaban J connectivity index is 2.26. The molecule has 0 saturated carbocycles. The standard InChI is InChI=1S/C16H25ClN2O/c1-15(2)10-19(11-16(3,4)20-15)14-6-5-12(7-8-18)9-13(14)17/h5-6,9H,7-8,10-11,18H2,1-4H3. The fourth-order valence-corrected chi connectivity index (χ4v) is 3.41. The number of nitrogens with two attached hydrogens (primary N) is 1. The molecule has 112 valence electrons. The summed E-state index contributed by atoms with van der Waals surface area (Å²) >= 11 is 6.46. The van der Waals surface area contributed by atoms with Crippen LogP contribution in [0.3, 0.4) is 0 Å². The van der Waals surface area contributed by atoms with E-state index in [-0.39, 0.29) is 11.2 Å². The molecule has 1 aliphatic rings. The molecule has 0 radical (unpaired) electrons. The minimum atomic E-state index is -0.180. The van der Waals surface area contributed by atoms with E-state index in [4.69, 9.17) is 22.1 Å². The van der Waals surface area contributed by atoms with E-state index < -0.39 is 0 Å². The summed E-state index contributed by atoms with van der Waals surface area (Å²) in [5.41, 5.74) is 7.50. The smallest absolute Gasteiger partial charge is 0.0808 e. The van der Waals surface area contributed by atoms with E-state index in [0.717, 1.165) is 30.2 Å². The highest BCUT2D eigenvalue weighted by atomic mass is 35.5. The van der Waals surface area contributed by atoms with Gasteiger partial charge in [-0.3, -0.25) is 0 Å². The molecule has 2 rings (SSSR count). The van der Waals surface area contributed by atoms with Crippen molar-refractivity contribution in [2.45, 2.75) is 45.3 Å². The number of morpholine rings is 1. The summed E-state index contributed by atoms with van der Waals surface area (Å²) in [5.74, 6) is 0. The van der Waals surface area contributed by atoms with Crippen LogP contribution in [0.5, 0.6) is 0 Å². The number of ether oxygens (including phenoxy) is 1. The average molecular weight is 297 g/mol. The topological polar surface area (TPSA) is 38.5 Å². The van der Waals surface area contributed by atoms with Crippen LogP contribution in [-0.2, 0) is 11.2 Å². The lowest BCUT2D eigenvalue weighted by atomic mass is 9.98. The van der Waals surface area contributed by atoms with E-state index in [1.807, 2.05) is 6.07 Å².